The van der Waals surface area contributed by atoms with Gasteiger partial charge in [0.15, 0.2) is 5.96 Å². The highest BCUT2D eigenvalue weighted by Gasteiger charge is 2.04. The van der Waals surface area contributed by atoms with Crippen LogP contribution in [0.3, 0.4) is 0 Å². The highest BCUT2D eigenvalue weighted by atomic mass is 127. The van der Waals surface area contributed by atoms with E-state index in [0.717, 1.165) is 36.6 Å². The van der Waals surface area contributed by atoms with Gasteiger partial charge < -0.3 is 20.4 Å². The van der Waals surface area contributed by atoms with Crippen LogP contribution in [-0.4, -0.2) is 21.6 Å². The Bertz CT molecular complexity index is 907. The van der Waals surface area contributed by atoms with Crippen LogP contribution in [0.15, 0.2) is 72.0 Å². The number of rotatable bonds is 9. The van der Waals surface area contributed by atoms with E-state index in [0.29, 0.717) is 12.5 Å². The van der Waals surface area contributed by atoms with Crippen molar-refractivity contribution in [3.8, 4) is 5.75 Å². The second-order valence-electron chi connectivity index (χ2n) is 7.14. The minimum absolute atomic E-state index is 0. The summed E-state index contributed by atoms with van der Waals surface area (Å²) < 4.78 is 7.78. The lowest BCUT2D eigenvalue weighted by Crippen LogP contribution is -2.22. The SMILES string of the molecule is CC(C)Oc1ccc(NC(N)=NCc2nccn2CCCc2ccccc2)cc1.I. The fraction of sp³-hybridized carbons (Fsp3) is 0.304. The van der Waals surface area contributed by atoms with Gasteiger partial charge in [-0.05, 0) is 56.5 Å². The van der Waals surface area contributed by atoms with Crippen LogP contribution < -0.4 is 15.8 Å². The summed E-state index contributed by atoms with van der Waals surface area (Å²) in [5.41, 5.74) is 8.26. The monoisotopic (exact) mass is 519 g/mol. The molecule has 3 N–H and O–H groups in total. The normalized spacial score (nSPS) is 11.2. The number of aliphatic imine (C=N–C) groups is 1. The summed E-state index contributed by atoms with van der Waals surface area (Å²) in [6, 6.07) is 18.2. The maximum atomic E-state index is 6.04. The molecule has 0 atom stereocenters. The molecule has 2 aromatic carbocycles. The molecule has 0 aliphatic carbocycles. The molecule has 1 aromatic heterocycles. The molecule has 0 saturated heterocycles. The number of hydrogen-bond acceptors (Lipinski definition) is 3. The molecule has 160 valence electrons. The van der Waals surface area contributed by atoms with Gasteiger partial charge in [-0.15, -0.1) is 24.0 Å². The van der Waals surface area contributed by atoms with Gasteiger partial charge in [-0.25, -0.2) is 9.98 Å². The molecule has 0 spiro atoms. The van der Waals surface area contributed by atoms with Gasteiger partial charge in [0.05, 0.1) is 6.10 Å². The lowest BCUT2D eigenvalue weighted by Gasteiger charge is -2.11. The van der Waals surface area contributed by atoms with Crippen LogP contribution >= 0.6 is 24.0 Å². The lowest BCUT2D eigenvalue weighted by atomic mass is 10.1. The molecule has 0 amide bonds. The first-order chi connectivity index (χ1) is 14.1. The van der Waals surface area contributed by atoms with Crippen LogP contribution in [0.2, 0.25) is 0 Å². The Labute approximate surface area is 195 Å². The van der Waals surface area contributed by atoms with Crippen molar-refractivity contribution in [3.05, 3.63) is 78.4 Å². The topological polar surface area (TPSA) is 77.5 Å². The number of nitrogens with two attached hydrogens (primary N) is 1. The van der Waals surface area contributed by atoms with Crippen LogP contribution in [0.25, 0.3) is 0 Å². The molecule has 0 aliphatic heterocycles. The zero-order chi connectivity index (χ0) is 20.5. The zero-order valence-electron chi connectivity index (χ0n) is 17.5. The first kappa shape index (κ1) is 23.7. The van der Waals surface area contributed by atoms with Crippen LogP contribution in [0.1, 0.15) is 31.7 Å². The Morgan fingerprint density at radius 2 is 1.87 bits per heavy atom. The Morgan fingerprint density at radius 3 is 2.57 bits per heavy atom. The predicted octanol–water partition coefficient (Wildman–Crippen LogP) is 4.85. The first-order valence-corrected chi connectivity index (χ1v) is 9.98. The summed E-state index contributed by atoms with van der Waals surface area (Å²) in [6.07, 6.45) is 6.05. The summed E-state index contributed by atoms with van der Waals surface area (Å²) in [7, 11) is 0. The third-order valence-electron chi connectivity index (χ3n) is 4.40. The van der Waals surface area contributed by atoms with Crippen molar-refractivity contribution >= 4 is 35.6 Å². The van der Waals surface area contributed by atoms with E-state index in [4.69, 9.17) is 10.5 Å². The number of nitrogens with zero attached hydrogens (tertiary/aromatic N) is 3. The number of aryl methyl sites for hydroxylation is 2. The van der Waals surface area contributed by atoms with Gasteiger partial charge >= 0.3 is 0 Å². The highest BCUT2D eigenvalue weighted by molar-refractivity contribution is 14.0. The van der Waals surface area contributed by atoms with Crippen molar-refractivity contribution in [2.75, 3.05) is 5.32 Å². The molecule has 0 fully saturated rings. The fourth-order valence-corrected chi connectivity index (χ4v) is 3.03. The number of hydrogen-bond donors (Lipinski definition) is 2. The van der Waals surface area contributed by atoms with Crippen molar-refractivity contribution < 1.29 is 4.74 Å². The van der Waals surface area contributed by atoms with E-state index in [1.54, 1.807) is 0 Å². The van der Waals surface area contributed by atoms with Gasteiger partial charge in [-0.2, -0.15) is 0 Å². The molecule has 3 rings (SSSR count). The predicted molar refractivity (Wildman–Crippen MR) is 134 cm³/mol. The third kappa shape index (κ3) is 7.70. The van der Waals surface area contributed by atoms with E-state index in [1.165, 1.54) is 5.56 Å². The van der Waals surface area contributed by atoms with Crippen molar-refractivity contribution in [1.29, 1.82) is 0 Å². The summed E-state index contributed by atoms with van der Waals surface area (Å²) in [6.45, 7) is 5.35. The quantitative estimate of drug-likeness (QED) is 0.241. The number of halogens is 1. The molecule has 6 nitrogen and oxygen atoms in total. The van der Waals surface area contributed by atoms with Gasteiger partial charge in [0, 0.05) is 24.6 Å². The van der Waals surface area contributed by atoms with Crippen molar-refractivity contribution in [2.45, 2.75) is 45.9 Å². The van der Waals surface area contributed by atoms with E-state index in [2.05, 4.69) is 44.1 Å². The van der Waals surface area contributed by atoms with Gasteiger partial charge in [0.1, 0.15) is 18.1 Å². The Kier molecular flexibility index (Phi) is 9.66. The maximum absolute atomic E-state index is 6.04. The second-order valence-corrected chi connectivity index (χ2v) is 7.14. The lowest BCUT2D eigenvalue weighted by molar-refractivity contribution is 0.242. The Hall–Kier alpha value is -2.55. The second kappa shape index (κ2) is 12.2. The molecule has 0 bridgehead atoms. The fourth-order valence-electron chi connectivity index (χ4n) is 3.03. The van der Waals surface area contributed by atoms with Gasteiger partial charge in [0.2, 0.25) is 0 Å². The maximum Gasteiger partial charge on any atom is 0.193 e. The number of aromatic nitrogens is 2. The summed E-state index contributed by atoms with van der Waals surface area (Å²) in [4.78, 5) is 8.84. The molecule has 1 heterocycles. The van der Waals surface area contributed by atoms with E-state index in [9.17, 15) is 0 Å². The van der Waals surface area contributed by atoms with E-state index in [1.807, 2.05) is 56.6 Å². The number of imidazole rings is 1. The average Bonchev–Trinajstić information content (AvgIpc) is 3.16. The van der Waals surface area contributed by atoms with Gasteiger partial charge in [-0.3, -0.25) is 0 Å². The number of nitrogens with one attached hydrogen (secondary N) is 1. The molecule has 7 heteroatoms. The largest absolute Gasteiger partial charge is 0.491 e. The molecule has 0 radical (unpaired) electrons. The standard InChI is InChI=1S/C23H29N5O.HI/c1-18(2)29-21-12-10-20(11-13-21)27-23(24)26-17-22-25-14-16-28(22)15-6-9-19-7-4-3-5-8-19;/h3-5,7-8,10-14,16,18H,6,9,15,17H2,1-2H3,(H3,24,26,27);1H. The molecule has 30 heavy (non-hydrogen) atoms. The summed E-state index contributed by atoms with van der Waals surface area (Å²) in [5.74, 6) is 2.10. The molecule has 0 unspecified atom stereocenters. The zero-order valence-corrected chi connectivity index (χ0v) is 19.8. The van der Waals surface area contributed by atoms with Crippen LogP contribution in [0.4, 0.5) is 5.69 Å². The first-order valence-electron chi connectivity index (χ1n) is 9.98. The third-order valence-corrected chi connectivity index (χ3v) is 4.40. The van der Waals surface area contributed by atoms with Gasteiger partial charge in [-0.1, -0.05) is 30.3 Å². The number of benzene rings is 2. The number of guanidine groups is 1. The summed E-state index contributed by atoms with van der Waals surface area (Å²) >= 11 is 0. The molecule has 0 aliphatic rings. The molecule has 0 saturated carbocycles. The van der Waals surface area contributed by atoms with Crippen molar-refractivity contribution in [3.63, 3.8) is 0 Å². The number of ether oxygens (including phenoxy) is 1. The number of anilines is 1. The van der Waals surface area contributed by atoms with Crippen LogP contribution in [0, 0.1) is 0 Å². The van der Waals surface area contributed by atoms with E-state index in [-0.39, 0.29) is 30.1 Å². The molecular weight excluding hydrogens is 489 g/mol. The minimum Gasteiger partial charge on any atom is -0.491 e. The smallest absolute Gasteiger partial charge is 0.193 e. The van der Waals surface area contributed by atoms with E-state index < -0.39 is 0 Å². The Balaban J connectivity index is 0.00000320. The molecular formula is C23H30IN5O. The van der Waals surface area contributed by atoms with Crippen LogP contribution in [0.5, 0.6) is 5.75 Å². The summed E-state index contributed by atoms with van der Waals surface area (Å²) in [5, 5.41) is 3.10. The van der Waals surface area contributed by atoms with Crippen LogP contribution in [-0.2, 0) is 19.5 Å². The minimum atomic E-state index is 0. The van der Waals surface area contributed by atoms with Crippen molar-refractivity contribution in [1.82, 2.24) is 9.55 Å². The molecule has 3 aromatic rings. The Morgan fingerprint density at radius 1 is 1.13 bits per heavy atom. The van der Waals surface area contributed by atoms with E-state index >= 15 is 0 Å². The van der Waals surface area contributed by atoms with Crippen molar-refractivity contribution in [2.24, 2.45) is 10.7 Å². The van der Waals surface area contributed by atoms with Gasteiger partial charge in [0.25, 0.3) is 0 Å². The average molecular weight is 519 g/mol. The highest BCUT2D eigenvalue weighted by Crippen LogP contribution is 2.16.